The van der Waals surface area contributed by atoms with Crippen molar-refractivity contribution in [1.29, 1.82) is 0 Å². The number of aryl methyl sites for hydroxylation is 1. The molecule has 3 aromatic heterocycles. The summed E-state index contributed by atoms with van der Waals surface area (Å²) in [5.41, 5.74) is 2.99. The molecule has 0 saturated heterocycles. The lowest BCUT2D eigenvalue weighted by atomic mass is 10.2. The maximum absolute atomic E-state index is 13.0. The molecule has 1 N–H and O–H groups in total. The van der Waals surface area contributed by atoms with Gasteiger partial charge in [0.2, 0.25) is 0 Å². The lowest BCUT2D eigenvalue weighted by molar-refractivity contribution is 0.102. The standard InChI is InChI=1S/C22H17FN4O2S/c1-14-3-2-4-18(24-14)19-13-30-22(25-19)26-21(29)16-9-10-27(20(28)11-16)12-15-5-7-17(23)8-6-15/h2-11,13H,12H2,1H3,(H,25,26,29). The fraction of sp³-hybridized carbons (Fsp3) is 0.0909. The highest BCUT2D eigenvalue weighted by molar-refractivity contribution is 7.14. The van der Waals surface area contributed by atoms with E-state index in [1.165, 1.54) is 34.1 Å². The number of hydrogen-bond donors (Lipinski definition) is 1. The van der Waals surface area contributed by atoms with Gasteiger partial charge in [-0.2, -0.15) is 0 Å². The summed E-state index contributed by atoms with van der Waals surface area (Å²) in [4.78, 5) is 33.7. The summed E-state index contributed by atoms with van der Waals surface area (Å²) in [5.74, 6) is -0.749. The molecule has 0 aliphatic rings. The first-order chi connectivity index (χ1) is 14.5. The Labute approximate surface area is 175 Å². The lowest BCUT2D eigenvalue weighted by Gasteiger charge is -2.07. The largest absolute Gasteiger partial charge is 0.311 e. The van der Waals surface area contributed by atoms with E-state index in [2.05, 4.69) is 15.3 Å². The number of thiazole rings is 1. The Morgan fingerprint density at radius 1 is 1.10 bits per heavy atom. The van der Waals surface area contributed by atoms with Gasteiger partial charge in [-0.3, -0.25) is 19.9 Å². The summed E-state index contributed by atoms with van der Waals surface area (Å²) in [7, 11) is 0. The second-order valence-electron chi connectivity index (χ2n) is 6.66. The van der Waals surface area contributed by atoms with Crippen LogP contribution in [-0.2, 0) is 6.54 Å². The molecule has 30 heavy (non-hydrogen) atoms. The SMILES string of the molecule is Cc1cccc(-c2csc(NC(=O)c3ccn(Cc4ccc(F)cc4)c(=O)c3)n2)n1. The Morgan fingerprint density at radius 3 is 2.63 bits per heavy atom. The number of rotatable bonds is 5. The molecule has 0 atom stereocenters. The lowest BCUT2D eigenvalue weighted by Crippen LogP contribution is -2.22. The Kier molecular flexibility index (Phi) is 5.49. The monoisotopic (exact) mass is 420 g/mol. The smallest absolute Gasteiger partial charge is 0.257 e. The van der Waals surface area contributed by atoms with Crippen molar-refractivity contribution in [2.75, 3.05) is 5.32 Å². The predicted octanol–water partition coefficient (Wildman–Crippen LogP) is 4.11. The van der Waals surface area contributed by atoms with E-state index in [0.717, 1.165) is 17.0 Å². The third-order valence-corrected chi connectivity index (χ3v) is 5.16. The van der Waals surface area contributed by atoms with Crippen molar-refractivity contribution in [3.05, 3.63) is 99.2 Å². The fourth-order valence-corrected chi connectivity index (χ4v) is 3.57. The first-order valence-corrected chi connectivity index (χ1v) is 10.0. The molecular formula is C22H17FN4O2S. The molecule has 0 bridgehead atoms. The first kappa shape index (κ1) is 19.7. The first-order valence-electron chi connectivity index (χ1n) is 9.14. The minimum Gasteiger partial charge on any atom is -0.311 e. The van der Waals surface area contributed by atoms with Crippen molar-refractivity contribution in [1.82, 2.24) is 14.5 Å². The Bertz CT molecular complexity index is 1260. The van der Waals surface area contributed by atoms with Crippen LogP contribution in [0.5, 0.6) is 0 Å². The number of nitrogens with zero attached hydrogens (tertiary/aromatic N) is 3. The zero-order valence-corrected chi connectivity index (χ0v) is 16.8. The minimum absolute atomic E-state index is 0.237. The highest BCUT2D eigenvalue weighted by atomic mass is 32.1. The molecule has 6 nitrogen and oxygen atoms in total. The second-order valence-corrected chi connectivity index (χ2v) is 7.52. The molecule has 150 valence electrons. The summed E-state index contributed by atoms with van der Waals surface area (Å²) in [6.45, 7) is 2.19. The van der Waals surface area contributed by atoms with Crippen LogP contribution in [0, 0.1) is 12.7 Å². The molecule has 1 aromatic carbocycles. The highest BCUT2D eigenvalue weighted by Crippen LogP contribution is 2.24. The number of halogens is 1. The summed E-state index contributed by atoms with van der Waals surface area (Å²) in [5, 5.41) is 4.96. The van der Waals surface area contributed by atoms with Crippen LogP contribution in [0.4, 0.5) is 9.52 Å². The Hall–Kier alpha value is -3.65. The highest BCUT2D eigenvalue weighted by Gasteiger charge is 2.12. The van der Waals surface area contributed by atoms with Gasteiger partial charge in [-0.25, -0.2) is 9.37 Å². The van der Waals surface area contributed by atoms with E-state index in [4.69, 9.17) is 0 Å². The molecule has 8 heteroatoms. The van der Waals surface area contributed by atoms with Crippen molar-refractivity contribution in [3.63, 3.8) is 0 Å². The van der Waals surface area contributed by atoms with Crippen molar-refractivity contribution in [2.24, 2.45) is 0 Å². The van der Waals surface area contributed by atoms with Crippen LogP contribution in [0.15, 0.2) is 71.0 Å². The van der Waals surface area contributed by atoms with Crippen LogP contribution < -0.4 is 10.9 Å². The third kappa shape index (κ3) is 4.49. The zero-order chi connectivity index (χ0) is 21.1. The van der Waals surface area contributed by atoms with Gasteiger partial charge in [-0.15, -0.1) is 11.3 Å². The van der Waals surface area contributed by atoms with Gasteiger partial charge in [0.05, 0.1) is 12.2 Å². The van der Waals surface area contributed by atoms with Gasteiger partial charge in [-0.1, -0.05) is 18.2 Å². The molecule has 0 saturated carbocycles. The number of carbonyl (C=O) groups excluding carboxylic acids is 1. The average Bonchev–Trinajstić information content (AvgIpc) is 3.19. The summed E-state index contributed by atoms with van der Waals surface area (Å²) in [6.07, 6.45) is 1.55. The molecule has 0 radical (unpaired) electrons. The van der Waals surface area contributed by atoms with Crippen molar-refractivity contribution >= 4 is 22.4 Å². The molecule has 0 spiro atoms. The Morgan fingerprint density at radius 2 is 1.90 bits per heavy atom. The maximum Gasteiger partial charge on any atom is 0.257 e. The second kappa shape index (κ2) is 8.38. The van der Waals surface area contributed by atoms with Crippen molar-refractivity contribution in [3.8, 4) is 11.4 Å². The molecule has 3 heterocycles. The molecular weight excluding hydrogens is 403 g/mol. The molecule has 4 rings (SSSR count). The van der Waals surface area contributed by atoms with Gasteiger partial charge in [0.25, 0.3) is 11.5 Å². The van der Waals surface area contributed by atoms with E-state index < -0.39 is 5.91 Å². The van der Waals surface area contributed by atoms with Crippen LogP contribution in [0.25, 0.3) is 11.4 Å². The molecule has 0 aliphatic heterocycles. The summed E-state index contributed by atoms with van der Waals surface area (Å²) < 4.78 is 14.5. The average molecular weight is 420 g/mol. The fourth-order valence-electron chi connectivity index (χ4n) is 2.87. The van der Waals surface area contributed by atoms with Crippen molar-refractivity contribution < 1.29 is 9.18 Å². The number of amides is 1. The molecule has 0 aliphatic carbocycles. The predicted molar refractivity (Wildman–Crippen MR) is 114 cm³/mol. The third-order valence-electron chi connectivity index (χ3n) is 4.40. The van der Waals surface area contributed by atoms with Crippen LogP contribution in [0.3, 0.4) is 0 Å². The number of hydrogen-bond acceptors (Lipinski definition) is 5. The zero-order valence-electron chi connectivity index (χ0n) is 16.0. The minimum atomic E-state index is -0.417. The molecule has 1 amide bonds. The van der Waals surface area contributed by atoms with Gasteiger partial charge in [0.1, 0.15) is 11.5 Å². The van der Waals surface area contributed by atoms with Crippen LogP contribution >= 0.6 is 11.3 Å². The van der Waals surface area contributed by atoms with Crippen LogP contribution in [0.2, 0.25) is 0 Å². The topological polar surface area (TPSA) is 76.9 Å². The number of carbonyl (C=O) groups is 1. The van der Waals surface area contributed by atoms with E-state index in [-0.39, 0.29) is 16.9 Å². The number of nitrogens with one attached hydrogen (secondary N) is 1. The van der Waals surface area contributed by atoms with Gasteiger partial charge in [0, 0.05) is 28.9 Å². The summed E-state index contributed by atoms with van der Waals surface area (Å²) in [6, 6.07) is 14.4. The summed E-state index contributed by atoms with van der Waals surface area (Å²) >= 11 is 1.29. The van der Waals surface area contributed by atoms with Gasteiger partial charge in [-0.05, 0) is 42.8 Å². The quantitative estimate of drug-likeness (QED) is 0.527. The van der Waals surface area contributed by atoms with E-state index in [0.29, 0.717) is 17.4 Å². The number of aromatic nitrogens is 3. The van der Waals surface area contributed by atoms with Gasteiger partial charge in [0.15, 0.2) is 5.13 Å². The number of benzene rings is 1. The normalized spacial score (nSPS) is 10.7. The van der Waals surface area contributed by atoms with Crippen LogP contribution in [-0.4, -0.2) is 20.4 Å². The van der Waals surface area contributed by atoms with Crippen molar-refractivity contribution in [2.45, 2.75) is 13.5 Å². The van der Waals surface area contributed by atoms with Gasteiger partial charge >= 0.3 is 0 Å². The van der Waals surface area contributed by atoms with Crippen LogP contribution in [0.1, 0.15) is 21.6 Å². The van der Waals surface area contributed by atoms with E-state index in [1.54, 1.807) is 24.4 Å². The van der Waals surface area contributed by atoms with E-state index >= 15 is 0 Å². The number of pyridine rings is 2. The maximum atomic E-state index is 13.0. The van der Waals surface area contributed by atoms with E-state index in [9.17, 15) is 14.0 Å². The van der Waals surface area contributed by atoms with E-state index in [1.807, 2.05) is 30.5 Å². The Balaban J connectivity index is 1.47. The molecule has 4 aromatic rings. The number of anilines is 1. The molecule has 0 fully saturated rings. The van der Waals surface area contributed by atoms with Gasteiger partial charge < -0.3 is 4.57 Å². The molecule has 0 unspecified atom stereocenters.